The normalized spacial score (nSPS) is 11.5. The lowest BCUT2D eigenvalue weighted by Crippen LogP contribution is -2.20. The number of benzene rings is 3. The summed E-state index contributed by atoms with van der Waals surface area (Å²) in [4.78, 5) is 29.8. The first-order valence-electron chi connectivity index (χ1n) is 11.4. The third kappa shape index (κ3) is 5.78. The highest BCUT2D eigenvalue weighted by Crippen LogP contribution is 2.28. The van der Waals surface area contributed by atoms with E-state index in [2.05, 4.69) is 31.8 Å². The summed E-state index contributed by atoms with van der Waals surface area (Å²) in [7, 11) is 0. The maximum Gasteiger partial charge on any atom is 0.272 e. The summed E-state index contributed by atoms with van der Waals surface area (Å²) in [6, 6.07) is 21.2. The van der Waals surface area contributed by atoms with Crippen molar-refractivity contribution in [2.75, 3.05) is 5.32 Å². The number of rotatable bonds is 6. The Bertz CT molecular complexity index is 1460. The molecule has 0 unspecified atom stereocenters. The maximum absolute atomic E-state index is 13.2. The van der Waals surface area contributed by atoms with Crippen LogP contribution in [0.1, 0.15) is 36.7 Å². The smallest absolute Gasteiger partial charge is 0.272 e. The molecule has 4 rings (SSSR count). The molecule has 8 heteroatoms. The van der Waals surface area contributed by atoms with Gasteiger partial charge in [-0.1, -0.05) is 41.9 Å². The molecular weight excluding hydrogens is 520 g/mol. The van der Waals surface area contributed by atoms with Crippen molar-refractivity contribution < 1.29 is 14.7 Å². The Kier molecular flexibility index (Phi) is 7.45. The predicted molar refractivity (Wildman–Crippen MR) is 146 cm³/mol. The zero-order chi connectivity index (χ0) is 25.8. The number of halogens is 1. The molecule has 0 atom stereocenters. The number of pyridine rings is 1. The number of nitrogens with zero attached hydrogens (tertiary/aromatic N) is 2. The summed E-state index contributed by atoms with van der Waals surface area (Å²) in [5.74, 6) is -0.381. The van der Waals surface area contributed by atoms with Gasteiger partial charge in [-0.25, -0.2) is 10.4 Å². The van der Waals surface area contributed by atoms with Crippen molar-refractivity contribution >= 4 is 50.0 Å². The monoisotopic (exact) mass is 544 g/mol. The van der Waals surface area contributed by atoms with Gasteiger partial charge >= 0.3 is 0 Å². The number of hydrogen-bond acceptors (Lipinski definition) is 5. The Labute approximate surface area is 217 Å². The first-order valence-corrected chi connectivity index (χ1v) is 12.2. The van der Waals surface area contributed by atoms with Crippen molar-refractivity contribution in [3.05, 3.63) is 88.4 Å². The summed E-state index contributed by atoms with van der Waals surface area (Å²) in [5, 5.41) is 17.4. The summed E-state index contributed by atoms with van der Waals surface area (Å²) < 4.78 is 0.826. The largest absolute Gasteiger partial charge is 0.508 e. The zero-order valence-corrected chi connectivity index (χ0v) is 21.6. The van der Waals surface area contributed by atoms with E-state index in [0.29, 0.717) is 33.6 Å². The third-order valence-corrected chi connectivity index (χ3v) is 6.09. The highest BCUT2D eigenvalue weighted by Gasteiger charge is 2.15. The van der Waals surface area contributed by atoms with Crippen LogP contribution in [0, 0.1) is 5.92 Å². The molecule has 1 aromatic heterocycles. The van der Waals surface area contributed by atoms with Crippen LogP contribution in [-0.4, -0.2) is 27.6 Å². The molecule has 0 aliphatic rings. The van der Waals surface area contributed by atoms with Gasteiger partial charge in [0, 0.05) is 27.0 Å². The fourth-order valence-electron chi connectivity index (χ4n) is 3.51. The zero-order valence-electron chi connectivity index (χ0n) is 20.0. The molecule has 3 N–H and O–H groups in total. The summed E-state index contributed by atoms with van der Waals surface area (Å²) >= 11 is 3.47. The van der Waals surface area contributed by atoms with Gasteiger partial charge in [0.2, 0.25) is 5.91 Å². The van der Waals surface area contributed by atoms with Crippen LogP contribution in [0.3, 0.4) is 0 Å². The summed E-state index contributed by atoms with van der Waals surface area (Å²) in [6.45, 7) is 5.47. The Morgan fingerprint density at radius 1 is 0.972 bits per heavy atom. The van der Waals surface area contributed by atoms with E-state index >= 15 is 0 Å². The number of hydrazone groups is 1. The lowest BCUT2D eigenvalue weighted by molar-refractivity contribution is -0.118. The molecule has 0 saturated carbocycles. The van der Waals surface area contributed by atoms with Crippen molar-refractivity contribution in [3.63, 3.8) is 0 Å². The fraction of sp³-hybridized carbons (Fsp3) is 0.143. The minimum atomic E-state index is -0.374. The highest BCUT2D eigenvalue weighted by atomic mass is 79.9. The molecule has 3 aromatic carbocycles. The van der Waals surface area contributed by atoms with Gasteiger partial charge in [-0.2, -0.15) is 5.10 Å². The number of nitrogens with one attached hydrogen (secondary N) is 2. The standard InChI is InChI=1S/C28H25BrN4O3/c1-16(2)27(35)30-21-9-4-18(5-10-21)17(3)32-33-28(36)24-15-26(19-6-11-22(34)12-7-19)31-25-13-8-20(29)14-23(24)25/h4-16,34H,1-3H3,(H,30,35)(H,33,36). The molecule has 0 radical (unpaired) electrons. The Morgan fingerprint density at radius 3 is 2.33 bits per heavy atom. The van der Waals surface area contributed by atoms with Crippen molar-refractivity contribution in [1.29, 1.82) is 0 Å². The minimum Gasteiger partial charge on any atom is -0.508 e. The SMILES string of the molecule is CC(=NNC(=O)c1cc(-c2ccc(O)cc2)nc2ccc(Br)cc12)c1ccc(NC(=O)C(C)C)cc1. The van der Waals surface area contributed by atoms with Crippen LogP contribution in [0.4, 0.5) is 5.69 Å². The average Bonchev–Trinajstić information content (AvgIpc) is 2.87. The third-order valence-electron chi connectivity index (χ3n) is 5.60. The summed E-state index contributed by atoms with van der Waals surface area (Å²) in [5.41, 5.74) is 7.24. The number of hydrogen-bond donors (Lipinski definition) is 3. The topological polar surface area (TPSA) is 104 Å². The Morgan fingerprint density at radius 2 is 1.67 bits per heavy atom. The number of phenolic OH excluding ortho intramolecular Hbond substituents is 1. The molecule has 1 heterocycles. The van der Waals surface area contributed by atoms with E-state index in [9.17, 15) is 14.7 Å². The number of aromatic hydroxyl groups is 1. The second-order valence-electron chi connectivity index (χ2n) is 8.62. The van der Waals surface area contributed by atoms with Crippen LogP contribution in [0.25, 0.3) is 22.2 Å². The van der Waals surface area contributed by atoms with E-state index in [4.69, 9.17) is 4.98 Å². The van der Waals surface area contributed by atoms with Gasteiger partial charge in [0.25, 0.3) is 5.91 Å². The molecule has 0 spiro atoms. The predicted octanol–water partition coefficient (Wildman–Crippen LogP) is 6.12. The van der Waals surface area contributed by atoms with Gasteiger partial charge in [0.05, 0.1) is 22.5 Å². The molecule has 0 saturated heterocycles. The molecule has 0 fully saturated rings. The van der Waals surface area contributed by atoms with Crippen LogP contribution < -0.4 is 10.7 Å². The van der Waals surface area contributed by atoms with Crippen LogP contribution in [0.15, 0.2) is 82.4 Å². The number of carbonyl (C=O) groups is 2. The second-order valence-corrected chi connectivity index (χ2v) is 9.54. The Hall–Kier alpha value is -4.04. The lowest BCUT2D eigenvalue weighted by atomic mass is 10.0. The molecular formula is C28H25BrN4O3. The number of phenols is 1. The van der Waals surface area contributed by atoms with Gasteiger partial charge in [0.15, 0.2) is 0 Å². The van der Waals surface area contributed by atoms with Crippen molar-refractivity contribution in [1.82, 2.24) is 10.4 Å². The van der Waals surface area contributed by atoms with Crippen molar-refractivity contribution in [3.8, 4) is 17.0 Å². The Balaban J connectivity index is 1.60. The van der Waals surface area contributed by atoms with Gasteiger partial charge in [-0.05, 0) is 73.2 Å². The van der Waals surface area contributed by atoms with Crippen LogP contribution in [-0.2, 0) is 4.79 Å². The minimum absolute atomic E-state index is 0.0525. The van der Waals surface area contributed by atoms with E-state index in [1.54, 1.807) is 49.4 Å². The number of anilines is 1. The fourth-order valence-corrected chi connectivity index (χ4v) is 3.87. The van der Waals surface area contributed by atoms with Crippen LogP contribution in [0.2, 0.25) is 0 Å². The number of aromatic nitrogens is 1. The maximum atomic E-state index is 13.2. The van der Waals surface area contributed by atoms with Crippen LogP contribution >= 0.6 is 15.9 Å². The second kappa shape index (κ2) is 10.7. The first kappa shape index (κ1) is 25.1. The van der Waals surface area contributed by atoms with E-state index in [1.165, 1.54) is 0 Å². The van der Waals surface area contributed by atoms with Gasteiger partial charge in [-0.3, -0.25) is 9.59 Å². The van der Waals surface area contributed by atoms with E-state index in [0.717, 1.165) is 15.6 Å². The molecule has 7 nitrogen and oxygen atoms in total. The molecule has 4 aromatic rings. The van der Waals surface area contributed by atoms with Crippen molar-refractivity contribution in [2.24, 2.45) is 11.0 Å². The molecule has 0 aliphatic carbocycles. The van der Waals surface area contributed by atoms with E-state index in [1.807, 2.05) is 44.2 Å². The highest BCUT2D eigenvalue weighted by molar-refractivity contribution is 9.10. The average molecular weight is 545 g/mol. The molecule has 36 heavy (non-hydrogen) atoms. The number of carbonyl (C=O) groups excluding carboxylic acids is 2. The molecule has 0 bridgehead atoms. The lowest BCUT2D eigenvalue weighted by Gasteiger charge is -2.11. The molecule has 182 valence electrons. The van der Waals surface area contributed by atoms with Gasteiger partial charge < -0.3 is 10.4 Å². The van der Waals surface area contributed by atoms with Crippen LogP contribution in [0.5, 0.6) is 5.75 Å². The number of amides is 2. The number of fused-ring (bicyclic) bond motifs is 1. The first-order chi connectivity index (χ1) is 17.2. The van der Waals surface area contributed by atoms with Crippen molar-refractivity contribution in [2.45, 2.75) is 20.8 Å². The van der Waals surface area contributed by atoms with Gasteiger partial charge in [-0.15, -0.1) is 0 Å². The van der Waals surface area contributed by atoms with E-state index < -0.39 is 0 Å². The van der Waals surface area contributed by atoms with Gasteiger partial charge in [0.1, 0.15) is 5.75 Å². The molecule has 2 amide bonds. The molecule has 0 aliphatic heterocycles. The van der Waals surface area contributed by atoms with E-state index in [-0.39, 0.29) is 23.5 Å². The quantitative estimate of drug-likeness (QED) is 0.201. The summed E-state index contributed by atoms with van der Waals surface area (Å²) in [6.07, 6.45) is 0.